The topological polar surface area (TPSA) is 46.1 Å². The second-order valence-electron chi connectivity index (χ2n) is 6.68. The van der Waals surface area contributed by atoms with Crippen molar-refractivity contribution < 1.29 is 9.47 Å². The lowest BCUT2D eigenvalue weighted by atomic mass is 10.1. The predicted molar refractivity (Wildman–Crippen MR) is 113 cm³/mol. The molecule has 144 valence electrons. The molecule has 0 amide bonds. The van der Waals surface area contributed by atoms with E-state index in [1.165, 1.54) is 12.8 Å². The van der Waals surface area contributed by atoms with Gasteiger partial charge in [0.2, 0.25) is 0 Å². The number of nitrogens with one attached hydrogen (secondary N) is 1. The maximum absolute atomic E-state index is 5.93. The summed E-state index contributed by atoms with van der Waals surface area (Å²) in [6.45, 7) is 12.2. The van der Waals surface area contributed by atoms with Gasteiger partial charge in [0.15, 0.2) is 5.96 Å². The van der Waals surface area contributed by atoms with Crippen LogP contribution in [0.15, 0.2) is 4.99 Å². The first kappa shape index (κ1) is 23.9. The molecule has 0 saturated carbocycles. The van der Waals surface area contributed by atoms with Crippen LogP contribution in [-0.2, 0) is 9.47 Å². The Morgan fingerprint density at radius 3 is 2.50 bits per heavy atom. The molecule has 24 heavy (non-hydrogen) atoms. The zero-order chi connectivity index (χ0) is 16.9. The van der Waals surface area contributed by atoms with Gasteiger partial charge < -0.3 is 19.7 Å². The fourth-order valence-electron chi connectivity index (χ4n) is 2.80. The van der Waals surface area contributed by atoms with Crippen LogP contribution in [0.3, 0.4) is 0 Å². The molecular weight excluding hydrogens is 417 g/mol. The molecule has 1 saturated heterocycles. The third-order valence-electron chi connectivity index (χ3n) is 4.12. The van der Waals surface area contributed by atoms with Gasteiger partial charge >= 0.3 is 0 Å². The van der Waals surface area contributed by atoms with Crippen LogP contribution in [-0.4, -0.2) is 63.5 Å². The van der Waals surface area contributed by atoms with Gasteiger partial charge in [-0.3, -0.25) is 4.99 Å². The van der Waals surface area contributed by atoms with Crippen molar-refractivity contribution in [2.75, 3.05) is 46.5 Å². The molecule has 0 radical (unpaired) electrons. The fraction of sp³-hybridized carbons (Fsp3) is 0.944. The Labute approximate surface area is 166 Å². The SMILES string of the molecule is CCNC(=NCCCC(C)C)N1CCC(OCCCOC)CC1.I. The molecule has 5 nitrogen and oxygen atoms in total. The maximum Gasteiger partial charge on any atom is 0.193 e. The Balaban J connectivity index is 0.00000529. The highest BCUT2D eigenvalue weighted by molar-refractivity contribution is 14.0. The van der Waals surface area contributed by atoms with Crippen LogP contribution in [0.25, 0.3) is 0 Å². The fourth-order valence-corrected chi connectivity index (χ4v) is 2.80. The predicted octanol–water partition coefficient (Wildman–Crippen LogP) is 3.52. The van der Waals surface area contributed by atoms with E-state index in [1.54, 1.807) is 7.11 Å². The molecule has 1 fully saturated rings. The lowest BCUT2D eigenvalue weighted by Crippen LogP contribution is -2.47. The summed E-state index contributed by atoms with van der Waals surface area (Å²) in [5, 5.41) is 3.43. The van der Waals surface area contributed by atoms with Crippen molar-refractivity contribution >= 4 is 29.9 Å². The molecule has 0 aromatic heterocycles. The lowest BCUT2D eigenvalue weighted by molar-refractivity contribution is 0.00990. The standard InChI is InChI=1S/C18H37N3O2.HI/c1-5-19-18(20-11-6-8-16(2)3)21-12-9-17(10-13-21)23-15-7-14-22-4;/h16-17H,5-15H2,1-4H3,(H,19,20);1H. The summed E-state index contributed by atoms with van der Waals surface area (Å²) >= 11 is 0. The molecule has 0 aromatic rings. The van der Waals surface area contributed by atoms with E-state index in [4.69, 9.17) is 14.5 Å². The highest BCUT2D eigenvalue weighted by atomic mass is 127. The molecule has 1 aliphatic heterocycles. The Hall–Kier alpha value is -0.0800. The van der Waals surface area contributed by atoms with Gasteiger partial charge in [-0.15, -0.1) is 24.0 Å². The summed E-state index contributed by atoms with van der Waals surface area (Å²) < 4.78 is 11.0. The quantitative estimate of drug-likeness (QED) is 0.237. The molecule has 1 N–H and O–H groups in total. The first-order chi connectivity index (χ1) is 11.2. The van der Waals surface area contributed by atoms with E-state index in [1.807, 2.05) is 0 Å². The average Bonchev–Trinajstić information content (AvgIpc) is 2.55. The highest BCUT2D eigenvalue weighted by Crippen LogP contribution is 2.14. The number of aliphatic imine (C=N–C) groups is 1. The zero-order valence-corrected chi connectivity index (χ0v) is 18.4. The molecule has 6 heteroatoms. The van der Waals surface area contributed by atoms with Gasteiger partial charge in [0.25, 0.3) is 0 Å². The summed E-state index contributed by atoms with van der Waals surface area (Å²) in [5.41, 5.74) is 0. The molecule has 0 atom stereocenters. The molecule has 0 aliphatic carbocycles. The van der Waals surface area contributed by atoms with Crippen molar-refractivity contribution in [1.29, 1.82) is 0 Å². The Morgan fingerprint density at radius 1 is 1.21 bits per heavy atom. The third-order valence-corrected chi connectivity index (χ3v) is 4.12. The molecule has 1 heterocycles. The van der Waals surface area contributed by atoms with E-state index in [-0.39, 0.29) is 24.0 Å². The van der Waals surface area contributed by atoms with Crippen molar-refractivity contribution in [1.82, 2.24) is 10.2 Å². The molecule has 1 rings (SSSR count). The summed E-state index contributed by atoms with van der Waals surface area (Å²) in [7, 11) is 1.74. The summed E-state index contributed by atoms with van der Waals surface area (Å²) in [6.07, 6.45) is 5.97. The number of guanidine groups is 1. The second kappa shape index (κ2) is 15.2. The number of nitrogens with zero attached hydrogens (tertiary/aromatic N) is 2. The van der Waals surface area contributed by atoms with Crippen LogP contribution in [0.2, 0.25) is 0 Å². The summed E-state index contributed by atoms with van der Waals surface area (Å²) in [6, 6.07) is 0. The molecule has 0 unspecified atom stereocenters. The van der Waals surface area contributed by atoms with Gasteiger partial charge in [0, 0.05) is 46.5 Å². The summed E-state index contributed by atoms with van der Waals surface area (Å²) in [5.74, 6) is 1.84. The minimum atomic E-state index is 0. The number of hydrogen-bond acceptors (Lipinski definition) is 3. The lowest BCUT2D eigenvalue weighted by Gasteiger charge is -2.34. The molecule has 0 spiro atoms. The van der Waals surface area contributed by atoms with E-state index in [9.17, 15) is 0 Å². The number of halogens is 1. The number of rotatable bonds is 10. The van der Waals surface area contributed by atoms with Crippen LogP contribution in [0.5, 0.6) is 0 Å². The van der Waals surface area contributed by atoms with Gasteiger partial charge in [0.1, 0.15) is 0 Å². The van der Waals surface area contributed by atoms with Crippen LogP contribution >= 0.6 is 24.0 Å². The Bertz CT molecular complexity index is 319. The largest absolute Gasteiger partial charge is 0.385 e. The summed E-state index contributed by atoms with van der Waals surface area (Å²) in [4.78, 5) is 7.18. The maximum atomic E-state index is 5.93. The van der Waals surface area contributed by atoms with E-state index in [2.05, 4.69) is 31.0 Å². The van der Waals surface area contributed by atoms with E-state index < -0.39 is 0 Å². The van der Waals surface area contributed by atoms with Crippen LogP contribution in [0.4, 0.5) is 0 Å². The zero-order valence-electron chi connectivity index (χ0n) is 16.1. The molecule has 1 aliphatic rings. The van der Waals surface area contributed by atoms with Gasteiger partial charge in [-0.25, -0.2) is 0 Å². The van der Waals surface area contributed by atoms with Crippen molar-refractivity contribution in [3.63, 3.8) is 0 Å². The normalized spacial score (nSPS) is 16.4. The first-order valence-corrected chi connectivity index (χ1v) is 9.31. The average molecular weight is 455 g/mol. The minimum absolute atomic E-state index is 0. The van der Waals surface area contributed by atoms with Crippen LogP contribution in [0.1, 0.15) is 52.9 Å². The van der Waals surface area contributed by atoms with Crippen LogP contribution in [0, 0.1) is 5.92 Å². The van der Waals surface area contributed by atoms with Crippen molar-refractivity contribution in [3.05, 3.63) is 0 Å². The second-order valence-corrected chi connectivity index (χ2v) is 6.68. The molecule has 0 bridgehead atoms. The number of hydrogen-bond donors (Lipinski definition) is 1. The van der Waals surface area contributed by atoms with Crippen molar-refractivity contribution in [2.45, 2.75) is 59.0 Å². The third kappa shape index (κ3) is 10.7. The highest BCUT2D eigenvalue weighted by Gasteiger charge is 2.21. The molecule has 0 aromatic carbocycles. The van der Waals surface area contributed by atoms with Gasteiger partial charge in [0.05, 0.1) is 6.10 Å². The van der Waals surface area contributed by atoms with Crippen molar-refractivity contribution in [3.8, 4) is 0 Å². The monoisotopic (exact) mass is 455 g/mol. The number of methoxy groups -OCH3 is 1. The minimum Gasteiger partial charge on any atom is -0.385 e. The Kier molecular flexibility index (Phi) is 15.1. The van der Waals surface area contributed by atoms with Gasteiger partial charge in [-0.1, -0.05) is 13.8 Å². The van der Waals surface area contributed by atoms with Crippen molar-refractivity contribution in [2.24, 2.45) is 10.9 Å². The van der Waals surface area contributed by atoms with Gasteiger partial charge in [-0.05, 0) is 44.9 Å². The van der Waals surface area contributed by atoms with Crippen LogP contribution < -0.4 is 5.32 Å². The first-order valence-electron chi connectivity index (χ1n) is 9.31. The number of ether oxygens (including phenoxy) is 2. The van der Waals surface area contributed by atoms with E-state index in [0.717, 1.165) is 70.5 Å². The Morgan fingerprint density at radius 2 is 1.92 bits per heavy atom. The molecular formula is C18H38IN3O2. The number of piperidine rings is 1. The number of likely N-dealkylation sites (tertiary alicyclic amines) is 1. The smallest absolute Gasteiger partial charge is 0.193 e. The van der Waals surface area contributed by atoms with E-state index >= 15 is 0 Å². The van der Waals surface area contributed by atoms with Gasteiger partial charge in [-0.2, -0.15) is 0 Å². The van der Waals surface area contributed by atoms with E-state index in [0.29, 0.717) is 6.10 Å².